The van der Waals surface area contributed by atoms with Crippen molar-refractivity contribution < 1.29 is 4.92 Å². The smallest absolute Gasteiger partial charge is 0.271 e. The molecule has 1 N–H and O–H groups in total. The van der Waals surface area contributed by atoms with Gasteiger partial charge in [0.2, 0.25) is 5.95 Å². The van der Waals surface area contributed by atoms with Gasteiger partial charge in [0, 0.05) is 24.0 Å². The normalized spacial score (nSPS) is 10.4. The van der Waals surface area contributed by atoms with Crippen LogP contribution in [-0.2, 0) is 0 Å². The molecule has 0 unspecified atom stereocenters. The lowest BCUT2D eigenvalue weighted by molar-refractivity contribution is -0.384. The van der Waals surface area contributed by atoms with E-state index in [-0.39, 0.29) is 5.69 Å². The van der Waals surface area contributed by atoms with Gasteiger partial charge in [-0.3, -0.25) is 15.1 Å². The van der Waals surface area contributed by atoms with Gasteiger partial charge in [-0.05, 0) is 37.6 Å². The van der Waals surface area contributed by atoms with Crippen molar-refractivity contribution >= 4 is 17.3 Å². The van der Waals surface area contributed by atoms with Crippen LogP contribution in [-0.4, -0.2) is 19.9 Å². The molecule has 7 heteroatoms. The number of pyridine rings is 1. The molecule has 0 fully saturated rings. The fraction of sp³-hybridized carbons (Fsp3) is 0.118. The molecule has 0 radical (unpaired) electrons. The van der Waals surface area contributed by atoms with E-state index in [1.165, 1.54) is 12.1 Å². The molecule has 7 nitrogen and oxygen atoms in total. The van der Waals surface area contributed by atoms with Crippen LogP contribution in [0.25, 0.3) is 11.4 Å². The maximum Gasteiger partial charge on any atom is 0.271 e. The average Bonchev–Trinajstić information content (AvgIpc) is 2.57. The Morgan fingerprint density at radius 2 is 1.83 bits per heavy atom. The van der Waals surface area contributed by atoms with Crippen molar-refractivity contribution in [3.05, 3.63) is 70.0 Å². The zero-order valence-electron chi connectivity index (χ0n) is 13.2. The summed E-state index contributed by atoms with van der Waals surface area (Å²) in [5.74, 6) is 0.361. The topological polar surface area (TPSA) is 93.8 Å². The Balaban J connectivity index is 1.93. The van der Waals surface area contributed by atoms with Gasteiger partial charge in [-0.2, -0.15) is 0 Å². The molecular formula is C17H15N5O2. The van der Waals surface area contributed by atoms with Gasteiger partial charge in [-0.1, -0.05) is 12.1 Å². The van der Waals surface area contributed by atoms with Crippen molar-refractivity contribution in [2.75, 3.05) is 5.32 Å². The molecule has 120 valence electrons. The Bertz CT molecular complexity index is 911. The minimum absolute atomic E-state index is 0.0135. The van der Waals surface area contributed by atoms with Crippen molar-refractivity contribution in [2.45, 2.75) is 13.8 Å². The number of nitrogens with zero attached hydrogens (tertiary/aromatic N) is 4. The molecule has 0 saturated heterocycles. The molecule has 0 spiro atoms. The summed E-state index contributed by atoms with van der Waals surface area (Å²) in [7, 11) is 0. The number of anilines is 2. The maximum atomic E-state index is 10.9. The lowest BCUT2D eigenvalue weighted by Gasteiger charge is -2.09. The van der Waals surface area contributed by atoms with Gasteiger partial charge >= 0.3 is 0 Å². The molecule has 0 saturated carbocycles. The van der Waals surface area contributed by atoms with E-state index in [9.17, 15) is 10.1 Å². The molecule has 1 aromatic carbocycles. The van der Waals surface area contributed by atoms with Gasteiger partial charge in [-0.25, -0.2) is 9.97 Å². The second-order valence-corrected chi connectivity index (χ2v) is 5.31. The number of nitro benzene ring substituents is 1. The van der Waals surface area contributed by atoms with Gasteiger partial charge in [0.15, 0.2) is 0 Å². The highest BCUT2D eigenvalue weighted by atomic mass is 16.6. The molecule has 0 amide bonds. The summed E-state index contributed by atoms with van der Waals surface area (Å²) in [5, 5.41) is 14.0. The molecule has 3 aromatic rings. The number of non-ortho nitro benzene ring substituents is 1. The summed E-state index contributed by atoms with van der Waals surface area (Å²) in [5.41, 5.74) is 3.80. The Labute approximate surface area is 138 Å². The first-order valence-electron chi connectivity index (χ1n) is 7.32. The van der Waals surface area contributed by atoms with Crippen molar-refractivity contribution in [1.29, 1.82) is 0 Å². The first-order valence-corrected chi connectivity index (χ1v) is 7.32. The number of nitro groups is 1. The molecule has 0 bridgehead atoms. The van der Waals surface area contributed by atoms with E-state index >= 15 is 0 Å². The summed E-state index contributed by atoms with van der Waals surface area (Å²) in [4.78, 5) is 23.6. The number of hydrogen-bond acceptors (Lipinski definition) is 6. The maximum absolute atomic E-state index is 10.9. The third kappa shape index (κ3) is 3.35. The Kier molecular flexibility index (Phi) is 4.15. The monoisotopic (exact) mass is 321 g/mol. The fourth-order valence-electron chi connectivity index (χ4n) is 2.23. The number of aromatic nitrogens is 3. The van der Waals surface area contributed by atoms with E-state index in [0.717, 1.165) is 17.0 Å². The quantitative estimate of drug-likeness (QED) is 0.580. The largest absolute Gasteiger partial charge is 0.324 e. The van der Waals surface area contributed by atoms with Crippen molar-refractivity contribution in [3.63, 3.8) is 0 Å². The zero-order valence-corrected chi connectivity index (χ0v) is 13.2. The molecule has 2 aromatic heterocycles. The van der Waals surface area contributed by atoms with Gasteiger partial charge in [0.1, 0.15) is 0 Å². The highest BCUT2D eigenvalue weighted by Crippen LogP contribution is 2.24. The van der Waals surface area contributed by atoms with Crippen LogP contribution in [0.2, 0.25) is 0 Å². The van der Waals surface area contributed by atoms with Crippen LogP contribution < -0.4 is 5.32 Å². The zero-order chi connectivity index (χ0) is 17.1. The number of aryl methyl sites for hydroxylation is 2. The Hall–Kier alpha value is -3.35. The Morgan fingerprint density at radius 3 is 2.58 bits per heavy atom. The molecule has 3 rings (SSSR count). The first kappa shape index (κ1) is 15.5. The van der Waals surface area contributed by atoms with Gasteiger partial charge in [0.25, 0.3) is 5.69 Å². The molecule has 24 heavy (non-hydrogen) atoms. The fourth-order valence-corrected chi connectivity index (χ4v) is 2.23. The molecule has 0 aliphatic carbocycles. The Morgan fingerprint density at radius 1 is 1.04 bits per heavy atom. The van der Waals surface area contributed by atoms with Crippen molar-refractivity contribution in [3.8, 4) is 11.4 Å². The van der Waals surface area contributed by atoms with Gasteiger partial charge in [-0.15, -0.1) is 0 Å². The second kappa shape index (κ2) is 6.41. The van der Waals surface area contributed by atoms with Crippen LogP contribution in [0.3, 0.4) is 0 Å². The van der Waals surface area contributed by atoms with E-state index in [1.807, 2.05) is 32.0 Å². The number of benzene rings is 1. The number of nitrogens with one attached hydrogen (secondary N) is 1. The molecule has 0 atom stereocenters. The van der Waals surface area contributed by atoms with E-state index in [1.54, 1.807) is 18.3 Å². The van der Waals surface area contributed by atoms with Gasteiger partial charge < -0.3 is 5.32 Å². The highest BCUT2D eigenvalue weighted by Gasteiger charge is 2.10. The van der Waals surface area contributed by atoms with Gasteiger partial charge in [0.05, 0.1) is 22.0 Å². The number of rotatable bonds is 4. The summed E-state index contributed by atoms with van der Waals surface area (Å²) in [6, 6.07) is 12.1. The second-order valence-electron chi connectivity index (χ2n) is 5.31. The van der Waals surface area contributed by atoms with Crippen LogP contribution in [0.1, 0.15) is 11.3 Å². The predicted octanol–water partition coefficient (Wildman–Crippen LogP) is 3.81. The highest BCUT2D eigenvalue weighted by molar-refractivity contribution is 5.64. The van der Waals surface area contributed by atoms with Crippen LogP contribution in [0.5, 0.6) is 0 Å². The predicted molar refractivity (Wildman–Crippen MR) is 91.1 cm³/mol. The lowest BCUT2D eigenvalue weighted by atomic mass is 10.2. The third-order valence-electron chi connectivity index (χ3n) is 3.48. The minimum atomic E-state index is -0.432. The van der Waals surface area contributed by atoms with E-state index in [0.29, 0.717) is 17.3 Å². The van der Waals surface area contributed by atoms with E-state index in [2.05, 4.69) is 20.3 Å². The summed E-state index contributed by atoms with van der Waals surface area (Å²) >= 11 is 0. The minimum Gasteiger partial charge on any atom is -0.324 e. The van der Waals surface area contributed by atoms with Crippen LogP contribution in [0.4, 0.5) is 17.3 Å². The van der Waals surface area contributed by atoms with Crippen LogP contribution in [0, 0.1) is 24.0 Å². The lowest BCUT2D eigenvalue weighted by Crippen LogP contribution is -2.01. The molecule has 2 heterocycles. The van der Waals surface area contributed by atoms with Crippen molar-refractivity contribution in [2.24, 2.45) is 0 Å². The SMILES string of the molecule is Cc1cccc(-c2ccnc(Nc3cc([N+](=O)[O-])ccc3C)n2)n1. The van der Waals surface area contributed by atoms with E-state index < -0.39 is 4.92 Å². The molecular weight excluding hydrogens is 306 g/mol. The summed E-state index contributed by atoms with van der Waals surface area (Å²) in [6.07, 6.45) is 1.63. The molecule has 0 aliphatic rings. The number of hydrogen-bond donors (Lipinski definition) is 1. The average molecular weight is 321 g/mol. The molecule has 0 aliphatic heterocycles. The standard InChI is InChI=1S/C17H15N5O2/c1-11-6-7-13(22(23)24)10-16(11)21-17-18-9-8-15(20-17)14-5-3-4-12(2)19-14/h3-10H,1-2H3,(H,18,20,21). The third-order valence-corrected chi connectivity index (χ3v) is 3.48. The van der Waals surface area contributed by atoms with E-state index in [4.69, 9.17) is 0 Å². The van der Waals surface area contributed by atoms with Crippen LogP contribution in [0.15, 0.2) is 48.7 Å². The van der Waals surface area contributed by atoms with Crippen molar-refractivity contribution in [1.82, 2.24) is 15.0 Å². The first-order chi connectivity index (χ1) is 11.5. The van der Waals surface area contributed by atoms with Crippen LogP contribution >= 0.6 is 0 Å². The summed E-state index contributed by atoms with van der Waals surface area (Å²) in [6.45, 7) is 3.77. The summed E-state index contributed by atoms with van der Waals surface area (Å²) < 4.78 is 0.